The highest BCUT2D eigenvalue weighted by molar-refractivity contribution is 6.77. The summed E-state index contributed by atoms with van der Waals surface area (Å²) >= 11 is 0. The molecule has 0 amide bonds. The van der Waals surface area contributed by atoms with Crippen LogP contribution in [0, 0.1) is 0 Å². The minimum absolute atomic E-state index is 0.188. The van der Waals surface area contributed by atoms with Crippen molar-refractivity contribution in [3.63, 3.8) is 0 Å². The lowest BCUT2D eigenvalue weighted by molar-refractivity contribution is 0.508. The van der Waals surface area contributed by atoms with E-state index in [0.717, 1.165) is 0 Å². The Morgan fingerprint density at radius 3 is 2.04 bits per heavy atom. The van der Waals surface area contributed by atoms with E-state index in [1.54, 1.807) is 0 Å². The number of allylic oxidation sites excluding steroid dienone is 5. The van der Waals surface area contributed by atoms with Crippen molar-refractivity contribution in [1.82, 2.24) is 4.98 Å². The molecule has 0 heterocycles. The fourth-order valence-electron chi connectivity index (χ4n) is 3.70. The monoisotopic (exact) mass is 341 g/mol. The second kappa shape index (κ2) is 8.64. The maximum atomic E-state index is 3.91. The first-order chi connectivity index (χ1) is 11.1. The van der Waals surface area contributed by atoms with E-state index in [9.17, 15) is 0 Å². The Morgan fingerprint density at radius 2 is 1.54 bits per heavy atom. The maximum absolute atomic E-state index is 3.91. The van der Waals surface area contributed by atoms with Gasteiger partial charge < -0.3 is 4.98 Å². The summed E-state index contributed by atoms with van der Waals surface area (Å²) in [5, 5.41) is 0. The molecule has 1 aromatic carbocycles. The van der Waals surface area contributed by atoms with Gasteiger partial charge in [0, 0.05) is 11.1 Å². The molecule has 0 spiro atoms. The zero-order valence-corrected chi connectivity index (χ0v) is 17.8. The molecular weight excluding hydrogens is 306 g/mol. The van der Waals surface area contributed by atoms with Gasteiger partial charge in [0.15, 0.2) is 0 Å². The second-order valence-electron chi connectivity index (χ2n) is 8.10. The van der Waals surface area contributed by atoms with Gasteiger partial charge in [0.1, 0.15) is 8.24 Å². The first kappa shape index (κ1) is 20.7. The van der Waals surface area contributed by atoms with Gasteiger partial charge in [-0.05, 0) is 52.7 Å². The number of nitrogens with one attached hydrogen (secondary N) is 1. The number of fused-ring (bicyclic) bond motifs is 1. The highest BCUT2D eigenvalue weighted by Crippen LogP contribution is 2.41. The molecule has 2 heteroatoms. The van der Waals surface area contributed by atoms with Crippen LogP contribution in [0.1, 0.15) is 58.2 Å². The summed E-state index contributed by atoms with van der Waals surface area (Å²) in [6.45, 7) is 18.0. The molecule has 0 bridgehead atoms. The Hall–Kier alpha value is -1.38. The molecule has 0 saturated heterocycles. The van der Waals surface area contributed by atoms with Crippen LogP contribution in [0.5, 0.6) is 0 Å². The van der Waals surface area contributed by atoms with Gasteiger partial charge in [0.05, 0.1) is 0 Å². The van der Waals surface area contributed by atoms with E-state index in [-0.39, 0.29) is 5.54 Å². The van der Waals surface area contributed by atoms with Gasteiger partial charge in [-0.1, -0.05) is 73.3 Å². The van der Waals surface area contributed by atoms with E-state index in [4.69, 9.17) is 0 Å². The summed E-state index contributed by atoms with van der Waals surface area (Å²) in [7, 11) is -1.54. The lowest BCUT2D eigenvalue weighted by Crippen LogP contribution is -2.58. The van der Waals surface area contributed by atoms with Crippen LogP contribution in [0.4, 0.5) is 0 Å². The predicted molar refractivity (Wildman–Crippen MR) is 113 cm³/mol. The average Bonchev–Trinajstić information content (AvgIpc) is 2.79. The highest BCUT2D eigenvalue weighted by atomic mass is 28.3. The van der Waals surface area contributed by atoms with Crippen molar-refractivity contribution in [2.75, 3.05) is 0 Å². The third-order valence-electron chi connectivity index (χ3n) is 4.06. The Morgan fingerprint density at radius 1 is 1.00 bits per heavy atom. The molecule has 132 valence electrons. The van der Waals surface area contributed by atoms with E-state index in [1.807, 2.05) is 38.2 Å². The van der Waals surface area contributed by atoms with Crippen LogP contribution in [0.3, 0.4) is 0 Å². The Bertz CT molecular complexity index is 605. The summed E-state index contributed by atoms with van der Waals surface area (Å²) in [4.78, 5) is 3.91. The van der Waals surface area contributed by atoms with Crippen molar-refractivity contribution in [1.29, 1.82) is 0 Å². The normalized spacial score (nSPS) is 17.7. The molecule has 1 N–H and O–H groups in total. The molecule has 2 rings (SSSR count). The Balaban J connectivity index is 0.000000413. The topological polar surface area (TPSA) is 12.0 Å². The maximum Gasteiger partial charge on any atom is 0.131 e. The van der Waals surface area contributed by atoms with E-state index < -0.39 is 8.24 Å². The van der Waals surface area contributed by atoms with Gasteiger partial charge in [-0.15, -0.1) is 0 Å². The minimum Gasteiger partial charge on any atom is -0.332 e. The third kappa shape index (κ3) is 5.92. The van der Waals surface area contributed by atoms with Crippen LogP contribution in [-0.2, 0) is 0 Å². The van der Waals surface area contributed by atoms with E-state index >= 15 is 0 Å². The molecule has 0 fully saturated rings. The number of hydrogen-bond donors (Lipinski definition) is 1. The number of benzene rings is 1. The molecule has 0 saturated carbocycles. The summed E-state index contributed by atoms with van der Waals surface area (Å²) in [6.07, 6.45) is 10.4. The molecule has 0 aliphatic heterocycles. The van der Waals surface area contributed by atoms with Crippen LogP contribution in [0.15, 0.2) is 54.1 Å². The average molecular weight is 342 g/mol. The molecule has 1 aliphatic carbocycles. The van der Waals surface area contributed by atoms with E-state index in [0.29, 0.717) is 5.54 Å². The fourth-order valence-corrected chi connectivity index (χ4v) is 8.04. The van der Waals surface area contributed by atoms with Crippen LogP contribution >= 0.6 is 0 Å². The lowest BCUT2D eigenvalue weighted by Gasteiger charge is -2.38. The number of rotatable bonds is 3. The molecule has 0 radical (unpaired) electrons. The van der Waals surface area contributed by atoms with Gasteiger partial charge in [-0.25, -0.2) is 0 Å². The van der Waals surface area contributed by atoms with Crippen LogP contribution in [-0.4, -0.2) is 13.8 Å². The summed E-state index contributed by atoms with van der Waals surface area (Å²) in [5.74, 6) is 0. The molecule has 1 atom stereocenters. The smallest absolute Gasteiger partial charge is 0.131 e. The summed E-state index contributed by atoms with van der Waals surface area (Å²) in [5.41, 5.74) is 5.24. The van der Waals surface area contributed by atoms with Crippen molar-refractivity contribution >= 4 is 14.3 Å². The number of hydrogen-bond acceptors (Lipinski definition) is 1. The minimum atomic E-state index is -1.54. The van der Waals surface area contributed by atoms with Gasteiger partial charge >= 0.3 is 0 Å². The van der Waals surface area contributed by atoms with E-state index in [1.165, 1.54) is 16.7 Å². The van der Waals surface area contributed by atoms with Crippen molar-refractivity contribution in [3.05, 3.63) is 65.3 Å². The van der Waals surface area contributed by atoms with Crippen molar-refractivity contribution < 1.29 is 0 Å². The van der Waals surface area contributed by atoms with Crippen molar-refractivity contribution in [2.45, 2.75) is 65.7 Å². The standard InChI is InChI=1S/C16H25NSi.C6H10/c1-12-11-13-9-7-8-10-14(13)15(12)18(5,6)17-16(2,3)4;1-3-5-6-4-2/h7-11,15,17H,1-6H3;3-6H,1-2H3/b;5-3+,6-4+. The third-order valence-corrected chi connectivity index (χ3v) is 7.66. The predicted octanol–water partition coefficient (Wildman–Crippen LogP) is 6.46. The zero-order valence-electron chi connectivity index (χ0n) is 16.8. The van der Waals surface area contributed by atoms with Crippen molar-refractivity contribution in [3.8, 4) is 0 Å². The first-order valence-electron chi connectivity index (χ1n) is 8.93. The van der Waals surface area contributed by atoms with Gasteiger partial charge in [-0.2, -0.15) is 0 Å². The van der Waals surface area contributed by atoms with Gasteiger partial charge in [0.2, 0.25) is 0 Å². The van der Waals surface area contributed by atoms with Gasteiger partial charge in [-0.3, -0.25) is 0 Å². The van der Waals surface area contributed by atoms with Crippen LogP contribution in [0.25, 0.3) is 6.08 Å². The molecular formula is C22H35NSi. The van der Waals surface area contributed by atoms with E-state index in [2.05, 4.69) is 76.1 Å². The lowest BCUT2D eigenvalue weighted by atomic mass is 10.1. The van der Waals surface area contributed by atoms with Crippen LogP contribution in [0.2, 0.25) is 13.1 Å². The molecule has 0 aromatic heterocycles. The SMILES string of the molecule is C/C=C/C=C/C.CC1=Cc2ccccc2C1[Si](C)(C)NC(C)(C)C. The first-order valence-corrected chi connectivity index (χ1v) is 12.0. The molecule has 1 nitrogen and oxygen atoms in total. The molecule has 1 unspecified atom stereocenters. The summed E-state index contributed by atoms with van der Waals surface area (Å²) < 4.78 is 0. The quantitative estimate of drug-likeness (QED) is 0.491. The van der Waals surface area contributed by atoms with Crippen LogP contribution < -0.4 is 4.98 Å². The molecule has 1 aliphatic rings. The van der Waals surface area contributed by atoms with Gasteiger partial charge in [0.25, 0.3) is 0 Å². The molecule has 1 aromatic rings. The fraction of sp³-hybridized carbons (Fsp3) is 0.455. The second-order valence-corrected chi connectivity index (χ2v) is 12.4. The Labute approximate surface area is 150 Å². The Kier molecular flexibility index (Phi) is 7.44. The van der Waals surface area contributed by atoms with Crippen molar-refractivity contribution in [2.24, 2.45) is 0 Å². The molecule has 24 heavy (non-hydrogen) atoms. The zero-order chi connectivity index (χ0) is 18.4. The largest absolute Gasteiger partial charge is 0.332 e. The highest BCUT2D eigenvalue weighted by Gasteiger charge is 2.39. The summed E-state index contributed by atoms with van der Waals surface area (Å²) in [6, 6.07) is 8.84.